The third-order valence-electron chi connectivity index (χ3n) is 4.83. The van der Waals surface area contributed by atoms with E-state index in [4.69, 9.17) is 0 Å². The molecule has 0 bridgehead atoms. The van der Waals surface area contributed by atoms with E-state index in [9.17, 15) is 29.8 Å². The summed E-state index contributed by atoms with van der Waals surface area (Å²) in [7, 11) is 0. The van der Waals surface area contributed by atoms with Crippen LogP contribution in [0.25, 0.3) is 0 Å². The zero-order chi connectivity index (χ0) is 26.2. The van der Waals surface area contributed by atoms with Gasteiger partial charge in [0.05, 0.1) is 38.4 Å². The molecule has 0 spiro atoms. The Morgan fingerprint density at radius 3 is 1.33 bits per heavy atom. The van der Waals surface area contributed by atoms with Gasteiger partial charge in [0.25, 0.3) is 11.4 Å². The van der Waals surface area contributed by atoms with Crippen molar-refractivity contribution in [2.45, 2.75) is 13.8 Å². The van der Waals surface area contributed by atoms with Crippen molar-refractivity contribution in [2.75, 3.05) is 10.9 Å². The molecule has 0 aliphatic heterocycles. The van der Waals surface area contributed by atoms with Crippen molar-refractivity contribution in [3.05, 3.63) is 104 Å². The highest BCUT2D eigenvalue weighted by Gasteiger charge is 2.31. The van der Waals surface area contributed by atoms with Gasteiger partial charge in [-0.15, -0.1) is 0 Å². The first-order chi connectivity index (χ1) is 17.2. The Bertz CT molecular complexity index is 1280. The summed E-state index contributed by atoms with van der Waals surface area (Å²) in [6.07, 6.45) is 0. The van der Waals surface area contributed by atoms with Gasteiger partial charge in [0.2, 0.25) is 0 Å². The second-order valence-electron chi connectivity index (χ2n) is 7.39. The van der Waals surface area contributed by atoms with Crippen LogP contribution in [-0.4, -0.2) is 32.8 Å². The van der Waals surface area contributed by atoms with E-state index in [0.29, 0.717) is 17.4 Å². The summed E-state index contributed by atoms with van der Waals surface area (Å²) in [4.78, 5) is 46.8. The number of carbonyl (C=O) groups is 2. The first kappa shape index (κ1) is 25.4. The highest BCUT2D eigenvalue weighted by atomic mass is 16.6. The molecule has 0 saturated heterocycles. The molecule has 0 unspecified atom stereocenters. The van der Waals surface area contributed by atoms with Crippen molar-refractivity contribution in [3.8, 4) is 0 Å². The lowest BCUT2D eigenvalue weighted by molar-refractivity contribution is -0.394. The topological polar surface area (TPSA) is 169 Å². The molecule has 3 rings (SSSR count). The van der Waals surface area contributed by atoms with E-state index in [1.54, 1.807) is 60.7 Å². The number of para-hydroxylation sites is 2. The summed E-state index contributed by atoms with van der Waals surface area (Å²) in [6.45, 7) is 2.29. The Hall–Kier alpha value is -5.26. The van der Waals surface area contributed by atoms with Gasteiger partial charge in [-0.25, -0.2) is 0 Å². The summed E-state index contributed by atoms with van der Waals surface area (Å²) in [6, 6.07) is 18.7. The normalized spacial score (nSPS) is 11.5. The number of hydrazone groups is 2. The fourth-order valence-electron chi connectivity index (χ4n) is 3.18. The van der Waals surface area contributed by atoms with Gasteiger partial charge in [-0.2, -0.15) is 10.2 Å². The third-order valence-corrected chi connectivity index (χ3v) is 4.83. The van der Waals surface area contributed by atoms with Crippen LogP contribution in [0, 0.1) is 20.2 Å². The smallest absolute Gasteiger partial charge is 0.285 e. The molecule has 3 aromatic carbocycles. The van der Waals surface area contributed by atoms with Gasteiger partial charge in [0.15, 0.2) is 11.6 Å². The number of nitrogens with zero attached hydrogens (tertiary/aromatic N) is 4. The molecule has 0 saturated carbocycles. The predicted molar refractivity (Wildman–Crippen MR) is 134 cm³/mol. The lowest BCUT2D eigenvalue weighted by atomic mass is 9.96. The number of rotatable bonds is 10. The van der Waals surface area contributed by atoms with Crippen molar-refractivity contribution in [1.29, 1.82) is 0 Å². The Balaban J connectivity index is 2.23. The van der Waals surface area contributed by atoms with E-state index in [1.807, 2.05) is 0 Å². The Labute approximate surface area is 204 Å². The second kappa shape index (κ2) is 11.2. The monoisotopic (exact) mass is 488 g/mol. The molecule has 0 amide bonds. The number of ketones is 2. The SMILES string of the molecule is CC(=O)C(=NNc1ccccc1)c1cc(C(=NNc2ccccc2)C(C)=O)c([N+](=O)[O-])cc1[N+](=O)[O-]. The molecule has 0 aromatic heterocycles. The average Bonchev–Trinajstić information content (AvgIpc) is 2.85. The van der Waals surface area contributed by atoms with Crippen LogP contribution in [0.3, 0.4) is 0 Å². The van der Waals surface area contributed by atoms with Gasteiger partial charge in [-0.3, -0.25) is 40.7 Å². The van der Waals surface area contributed by atoms with Crippen LogP contribution >= 0.6 is 0 Å². The summed E-state index contributed by atoms with van der Waals surface area (Å²) in [5.74, 6) is -1.30. The fourth-order valence-corrected chi connectivity index (χ4v) is 3.18. The Morgan fingerprint density at radius 2 is 1.03 bits per heavy atom. The van der Waals surface area contributed by atoms with Crippen LogP contribution in [0.5, 0.6) is 0 Å². The van der Waals surface area contributed by atoms with Crippen molar-refractivity contribution in [3.63, 3.8) is 0 Å². The molecule has 0 radical (unpaired) electrons. The number of nitro groups is 2. The molecule has 12 nitrogen and oxygen atoms in total. The van der Waals surface area contributed by atoms with Crippen molar-refractivity contribution in [2.24, 2.45) is 10.2 Å². The van der Waals surface area contributed by atoms with Crippen LogP contribution in [0.4, 0.5) is 22.7 Å². The average molecular weight is 488 g/mol. The number of Topliss-reactive ketones (excluding diaryl/α,β-unsaturated/α-hetero) is 2. The zero-order valence-corrected chi connectivity index (χ0v) is 19.2. The molecule has 2 N–H and O–H groups in total. The van der Waals surface area contributed by atoms with E-state index in [0.717, 1.165) is 19.9 Å². The molecule has 0 fully saturated rings. The molecule has 0 aliphatic rings. The van der Waals surface area contributed by atoms with E-state index in [-0.39, 0.29) is 22.6 Å². The first-order valence-corrected chi connectivity index (χ1v) is 10.5. The summed E-state index contributed by atoms with van der Waals surface area (Å²) >= 11 is 0. The molecule has 0 atom stereocenters. The molecule has 3 aromatic rings. The number of hydrogen-bond acceptors (Lipinski definition) is 10. The predicted octanol–water partition coefficient (Wildman–Crippen LogP) is 4.31. The van der Waals surface area contributed by atoms with Crippen LogP contribution < -0.4 is 10.9 Å². The number of anilines is 2. The molecule has 182 valence electrons. The lowest BCUT2D eigenvalue weighted by Crippen LogP contribution is -2.20. The zero-order valence-electron chi connectivity index (χ0n) is 19.2. The van der Waals surface area contributed by atoms with E-state index < -0.39 is 32.8 Å². The number of nitro benzene ring substituents is 2. The van der Waals surface area contributed by atoms with Crippen LogP contribution in [0.15, 0.2) is 83.0 Å². The number of hydrogen-bond donors (Lipinski definition) is 2. The van der Waals surface area contributed by atoms with Gasteiger partial charge in [-0.05, 0) is 30.3 Å². The van der Waals surface area contributed by atoms with Gasteiger partial charge >= 0.3 is 0 Å². The highest BCUT2D eigenvalue weighted by Crippen LogP contribution is 2.31. The standard InChI is InChI=1S/C24H20N6O6/c1-15(31)23(27-25-17-9-5-3-6-10-17)19-13-20(22(30(35)36)14-21(19)29(33)34)24(16(2)32)28-26-18-11-7-4-8-12-18/h3-14,25-26H,1-2H3. The maximum absolute atomic E-state index is 12.4. The van der Waals surface area contributed by atoms with E-state index >= 15 is 0 Å². The molecule has 36 heavy (non-hydrogen) atoms. The molecule has 0 aliphatic carbocycles. The molecule has 12 heteroatoms. The molecule has 0 heterocycles. The molecular weight excluding hydrogens is 468 g/mol. The Kier molecular flexibility index (Phi) is 7.92. The van der Waals surface area contributed by atoms with Gasteiger partial charge in [0, 0.05) is 13.8 Å². The van der Waals surface area contributed by atoms with Gasteiger partial charge in [-0.1, -0.05) is 36.4 Å². The molecular formula is C24H20N6O6. The van der Waals surface area contributed by atoms with Crippen molar-refractivity contribution >= 4 is 45.7 Å². The fraction of sp³-hybridized carbons (Fsp3) is 0.0833. The Morgan fingerprint density at radius 1 is 0.667 bits per heavy atom. The van der Waals surface area contributed by atoms with Gasteiger partial charge < -0.3 is 0 Å². The maximum Gasteiger partial charge on any atom is 0.285 e. The minimum absolute atomic E-state index is 0.315. The van der Waals surface area contributed by atoms with Gasteiger partial charge in [0.1, 0.15) is 11.4 Å². The summed E-state index contributed by atoms with van der Waals surface area (Å²) < 4.78 is 0. The van der Waals surface area contributed by atoms with Crippen LogP contribution in [0.2, 0.25) is 0 Å². The lowest BCUT2D eigenvalue weighted by Gasteiger charge is -2.10. The first-order valence-electron chi connectivity index (χ1n) is 10.5. The number of benzene rings is 3. The van der Waals surface area contributed by atoms with Crippen LogP contribution in [0.1, 0.15) is 25.0 Å². The van der Waals surface area contributed by atoms with Crippen LogP contribution in [-0.2, 0) is 9.59 Å². The van der Waals surface area contributed by atoms with E-state index in [2.05, 4.69) is 21.1 Å². The quantitative estimate of drug-likeness (QED) is 0.241. The van der Waals surface area contributed by atoms with Crippen molar-refractivity contribution in [1.82, 2.24) is 0 Å². The minimum atomic E-state index is -0.861. The van der Waals surface area contributed by atoms with E-state index in [1.165, 1.54) is 0 Å². The summed E-state index contributed by atoms with van der Waals surface area (Å²) in [5, 5.41) is 31.7. The maximum atomic E-state index is 12.4. The highest BCUT2D eigenvalue weighted by molar-refractivity contribution is 6.49. The summed E-state index contributed by atoms with van der Waals surface area (Å²) in [5.41, 5.74) is 3.49. The number of nitrogens with one attached hydrogen (secondary N) is 2. The number of carbonyl (C=O) groups excluding carboxylic acids is 2. The van der Waals surface area contributed by atoms with Crippen molar-refractivity contribution < 1.29 is 19.4 Å². The third kappa shape index (κ3) is 5.99. The largest absolute Gasteiger partial charge is 0.293 e. The minimum Gasteiger partial charge on any atom is -0.293 e. The second-order valence-corrected chi connectivity index (χ2v) is 7.39.